The first-order valence-electron chi connectivity index (χ1n) is 8.48. The van der Waals surface area contributed by atoms with Gasteiger partial charge >= 0.3 is 5.97 Å². The molecule has 0 saturated carbocycles. The molecule has 1 N–H and O–H groups in total. The van der Waals surface area contributed by atoms with Crippen molar-refractivity contribution in [2.24, 2.45) is 0 Å². The Morgan fingerprint density at radius 2 is 1.93 bits per heavy atom. The number of ether oxygens (including phenoxy) is 1. The summed E-state index contributed by atoms with van der Waals surface area (Å²) in [6, 6.07) is 3.08. The van der Waals surface area contributed by atoms with Crippen LogP contribution in [0.25, 0.3) is 0 Å². The Morgan fingerprint density at radius 3 is 2.54 bits per heavy atom. The standard InChI is InChI=1S/C17H20FN3O5S2/c1-4-21(5-2)28(24,25)14-9-11(7-8-12(14)18)15(22)20-17-19-13(10-27-17)16(23)26-6-3/h7-10H,4-6H2,1-3H3,(H,19,20,22). The van der Waals surface area contributed by atoms with E-state index in [1.54, 1.807) is 20.8 Å². The summed E-state index contributed by atoms with van der Waals surface area (Å²) in [6.45, 7) is 5.47. The Kier molecular flexibility index (Phi) is 7.22. The Balaban J connectivity index is 2.27. The predicted octanol–water partition coefficient (Wildman–Crippen LogP) is 2.74. The van der Waals surface area contributed by atoms with Crippen LogP contribution in [0.5, 0.6) is 0 Å². The first-order valence-corrected chi connectivity index (χ1v) is 10.8. The molecular formula is C17H20FN3O5S2. The molecule has 0 spiro atoms. The molecule has 0 saturated heterocycles. The molecule has 8 nitrogen and oxygen atoms in total. The first-order chi connectivity index (χ1) is 13.2. The van der Waals surface area contributed by atoms with Gasteiger partial charge in [0.15, 0.2) is 10.8 Å². The molecule has 0 bridgehead atoms. The van der Waals surface area contributed by atoms with E-state index in [-0.39, 0.29) is 36.1 Å². The van der Waals surface area contributed by atoms with Gasteiger partial charge in [-0.25, -0.2) is 22.6 Å². The average Bonchev–Trinajstić information content (AvgIpc) is 3.11. The van der Waals surface area contributed by atoms with Crippen molar-refractivity contribution in [3.05, 3.63) is 40.7 Å². The number of nitrogens with zero attached hydrogens (tertiary/aromatic N) is 2. The van der Waals surface area contributed by atoms with Crippen LogP contribution in [-0.4, -0.2) is 49.3 Å². The van der Waals surface area contributed by atoms with E-state index in [1.807, 2.05) is 0 Å². The lowest BCUT2D eigenvalue weighted by molar-refractivity contribution is 0.0520. The molecule has 0 aliphatic heterocycles. The molecule has 0 fully saturated rings. The van der Waals surface area contributed by atoms with Crippen molar-refractivity contribution in [2.45, 2.75) is 25.7 Å². The minimum absolute atomic E-state index is 0.0473. The number of halogens is 1. The minimum atomic E-state index is -4.07. The summed E-state index contributed by atoms with van der Waals surface area (Å²) in [5, 5.41) is 4.02. The number of sulfonamides is 1. The van der Waals surface area contributed by atoms with Crippen LogP contribution in [0, 0.1) is 5.82 Å². The zero-order valence-corrected chi connectivity index (χ0v) is 17.2. The van der Waals surface area contributed by atoms with Gasteiger partial charge in [-0.05, 0) is 25.1 Å². The van der Waals surface area contributed by atoms with Crippen molar-refractivity contribution in [1.29, 1.82) is 0 Å². The monoisotopic (exact) mass is 429 g/mol. The van der Waals surface area contributed by atoms with Crippen LogP contribution in [0.3, 0.4) is 0 Å². The Hall–Kier alpha value is -2.37. The second-order valence-corrected chi connectivity index (χ2v) is 8.21. The summed E-state index contributed by atoms with van der Waals surface area (Å²) in [5.74, 6) is -2.24. The summed E-state index contributed by atoms with van der Waals surface area (Å²) < 4.78 is 45.2. The molecule has 2 aromatic rings. The van der Waals surface area contributed by atoms with Gasteiger partial charge in [0.1, 0.15) is 10.7 Å². The predicted molar refractivity (Wildman–Crippen MR) is 103 cm³/mol. The first kappa shape index (κ1) is 21.9. The zero-order chi connectivity index (χ0) is 20.9. The van der Waals surface area contributed by atoms with E-state index >= 15 is 0 Å². The molecule has 1 heterocycles. The van der Waals surface area contributed by atoms with E-state index in [2.05, 4.69) is 10.3 Å². The number of thiazole rings is 1. The number of anilines is 1. The van der Waals surface area contributed by atoms with E-state index in [0.29, 0.717) is 0 Å². The molecule has 11 heteroatoms. The van der Waals surface area contributed by atoms with Crippen LogP contribution in [0.4, 0.5) is 9.52 Å². The Bertz CT molecular complexity index is 971. The van der Waals surface area contributed by atoms with Crippen molar-refractivity contribution in [1.82, 2.24) is 9.29 Å². The van der Waals surface area contributed by atoms with Gasteiger partial charge < -0.3 is 4.74 Å². The number of aromatic nitrogens is 1. The van der Waals surface area contributed by atoms with Crippen molar-refractivity contribution in [3.8, 4) is 0 Å². The van der Waals surface area contributed by atoms with Crippen LogP contribution >= 0.6 is 11.3 Å². The van der Waals surface area contributed by atoms with E-state index in [0.717, 1.165) is 27.8 Å². The molecule has 0 atom stereocenters. The number of esters is 1. The highest BCUT2D eigenvalue weighted by Gasteiger charge is 2.26. The number of amides is 1. The molecule has 0 aliphatic carbocycles. The fraction of sp³-hybridized carbons (Fsp3) is 0.353. The number of carbonyl (C=O) groups is 2. The topological polar surface area (TPSA) is 106 Å². The van der Waals surface area contributed by atoms with Gasteiger partial charge in [-0.1, -0.05) is 13.8 Å². The van der Waals surface area contributed by atoms with Crippen LogP contribution in [-0.2, 0) is 14.8 Å². The summed E-state index contributed by atoms with van der Waals surface area (Å²) in [6.07, 6.45) is 0. The fourth-order valence-electron chi connectivity index (χ4n) is 2.34. The lowest BCUT2D eigenvalue weighted by Gasteiger charge is -2.19. The molecule has 2 rings (SSSR count). The molecular weight excluding hydrogens is 409 g/mol. The lowest BCUT2D eigenvalue weighted by Crippen LogP contribution is -2.31. The largest absolute Gasteiger partial charge is 0.461 e. The third kappa shape index (κ3) is 4.72. The van der Waals surface area contributed by atoms with Crippen LogP contribution in [0.2, 0.25) is 0 Å². The molecule has 1 aromatic heterocycles. The summed E-state index contributed by atoms with van der Waals surface area (Å²) in [7, 11) is -4.07. The van der Waals surface area contributed by atoms with Crippen molar-refractivity contribution >= 4 is 38.4 Å². The molecule has 0 unspecified atom stereocenters. The highest BCUT2D eigenvalue weighted by molar-refractivity contribution is 7.89. The van der Waals surface area contributed by atoms with E-state index in [1.165, 1.54) is 11.4 Å². The van der Waals surface area contributed by atoms with Crippen LogP contribution in [0.15, 0.2) is 28.5 Å². The Morgan fingerprint density at radius 1 is 1.25 bits per heavy atom. The maximum Gasteiger partial charge on any atom is 0.357 e. The van der Waals surface area contributed by atoms with Crippen molar-refractivity contribution in [3.63, 3.8) is 0 Å². The van der Waals surface area contributed by atoms with Gasteiger partial charge in [-0.15, -0.1) is 11.3 Å². The summed E-state index contributed by atoms with van der Waals surface area (Å²) in [5.41, 5.74) is -0.00827. The number of hydrogen-bond acceptors (Lipinski definition) is 7. The molecule has 28 heavy (non-hydrogen) atoms. The molecule has 1 amide bonds. The van der Waals surface area contributed by atoms with E-state index in [4.69, 9.17) is 4.74 Å². The quantitative estimate of drug-likeness (QED) is 0.647. The normalized spacial score (nSPS) is 11.5. The van der Waals surface area contributed by atoms with E-state index in [9.17, 15) is 22.4 Å². The molecule has 0 aliphatic rings. The lowest BCUT2D eigenvalue weighted by atomic mass is 10.2. The second kappa shape index (κ2) is 9.22. The Labute approximate surface area is 166 Å². The number of rotatable bonds is 8. The second-order valence-electron chi connectivity index (χ2n) is 5.45. The smallest absolute Gasteiger partial charge is 0.357 e. The number of benzene rings is 1. The average molecular weight is 429 g/mol. The number of nitrogens with one attached hydrogen (secondary N) is 1. The van der Waals surface area contributed by atoms with E-state index < -0.39 is 32.6 Å². The number of carbonyl (C=O) groups excluding carboxylic acids is 2. The zero-order valence-electron chi connectivity index (χ0n) is 15.6. The highest BCUT2D eigenvalue weighted by Crippen LogP contribution is 2.22. The third-order valence-corrected chi connectivity index (χ3v) is 6.55. The van der Waals surface area contributed by atoms with Crippen molar-refractivity contribution in [2.75, 3.05) is 25.0 Å². The SMILES string of the molecule is CCOC(=O)c1csc(NC(=O)c2ccc(F)c(S(=O)(=O)N(CC)CC)c2)n1. The summed E-state index contributed by atoms with van der Waals surface area (Å²) in [4.78, 5) is 27.4. The highest BCUT2D eigenvalue weighted by atomic mass is 32.2. The van der Waals surface area contributed by atoms with Gasteiger partial charge in [-0.3, -0.25) is 10.1 Å². The van der Waals surface area contributed by atoms with Gasteiger partial charge in [0.25, 0.3) is 5.91 Å². The maximum atomic E-state index is 14.2. The molecule has 1 aromatic carbocycles. The van der Waals surface area contributed by atoms with Gasteiger partial charge in [-0.2, -0.15) is 4.31 Å². The van der Waals surface area contributed by atoms with Gasteiger partial charge in [0.2, 0.25) is 10.0 Å². The number of hydrogen-bond donors (Lipinski definition) is 1. The fourth-order valence-corrected chi connectivity index (χ4v) is 4.57. The van der Waals surface area contributed by atoms with Crippen LogP contribution < -0.4 is 5.32 Å². The minimum Gasteiger partial charge on any atom is -0.461 e. The molecule has 0 radical (unpaired) electrons. The third-order valence-electron chi connectivity index (χ3n) is 3.73. The van der Waals surface area contributed by atoms with Crippen LogP contribution in [0.1, 0.15) is 41.6 Å². The van der Waals surface area contributed by atoms with Crippen molar-refractivity contribution < 1.29 is 27.1 Å². The summed E-state index contributed by atoms with van der Waals surface area (Å²) >= 11 is 1.01. The maximum absolute atomic E-state index is 14.2. The van der Waals surface area contributed by atoms with Gasteiger partial charge in [0.05, 0.1) is 6.61 Å². The van der Waals surface area contributed by atoms with Gasteiger partial charge in [0, 0.05) is 24.0 Å². The molecule has 152 valence electrons.